The summed E-state index contributed by atoms with van der Waals surface area (Å²) in [5, 5.41) is 2.77. The normalized spacial score (nSPS) is 31.6. The highest BCUT2D eigenvalue weighted by Crippen LogP contribution is 2.56. The molecule has 0 radical (unpaired) electrons. The first kappa shape index (κ1) is 14.4. The van der Waals surface area contributed by atoms with Crippen molar-refractivity contribution in [3.05, 3.63) is 29.8 Å². The third-order valence-electron chi connectivity index (χ3n) is 5.62. The summed E-state index contributed by atoms with van der Waals surface area (Å²) in [7, 11) is 0. The van der Waals surface area contributed by atoms with Crippen LogP contribution in [0, 0.1) is 30.6 Å². The van der Waals surface area contributed by atoms with Gasteiger partial charge in [-0.1, -0.05) is 12.1 Å². The van der Waals surface area contributed by atoms with Gasteiger partial charge in [0.2, 0.25) is 17.7 Å². The first-order valence-electron chi connectivity index (χ1n) is 8.26. The number of hydrogen-bond acceptors (Lipinski definition) is 3. The molecule has 23 heavy (non-hydrogen) atoms. The maximum atomic E-state index is 12.6. The average Bonchev–Trinajstić information content (AvgIpc) is 3.17. The standard InChI is InChI=1S/C18H20N2O3/c1-10-3-2-4-13(7-10)19-14(21)9-20-17(22)15-11-5-6-12(8-11)16(15)18(20)23/h2-4,7,11-12,15-16H,5-6,8-9H2,1H3,(H,19,21)/t11-,12-,15-,16-/m0/s1. The third-order valence-corrected chi connectivity index (χ3v) is 5.62. The number of nitrogens with one attached hydrogen (secondary N) is 1. The quantitative estimate of drug-likeness (QED) is 0.868. The van der Waals surface area contributed by atoms with Gasteiger partial charge in [0.1, 0.15) is 6.54 Å². The van der Waals surface area contributed by atoms with Gasteiger partial charge in [-0.15, -0.1) is 0 Å². The number of likely N-dealkylation sites (tertiary alicyclic amines) is 1. The molecule has 2 bridgehead atoms. The number of amides is 3. The van der Waals surface area contributed by atoms with Gasteiger partial charge in [-0.3, -0.25) is 19.3 Å². The Balaban J connectivity index is 1.46. The van der Waals surface area contributed by atoms with Crippen molar-refractivity contribution < 1.29 is 14.4 Å². The minimum absolute atomic E-state index is 0.133. The number of nitrogens with zero attached hydrogens (tertiary/aromatic N) is 1. The number of carbonyl (C=O) groups excluding carboxylic acids is 3. The molecular weight excluding hydrogens is 292 g/mol. The Kier molecular flexibility index (Phi) is 3.25. The zero-order chi connectivity index (χ0) is 16.1. The van der Waals surface area contributed by atoms with Gasteiger partial charge in [0.05, 0.1) is 11.8 Å². The SMILES string of the molecule is Cc1cccc(NC(=O)CN2C(=O)[C@H]3[C@H]4CC[C@@H](C4)[C@@H]3C2=O)c1. The smallest absolute Gasteiger partial charge is 0.244 e. The zero-order valence-electron chi connectivity index (χ0n) is 13.1. The molecule has 1 aliphatic heterocycles. The van der Waals surface area contributed by atoms with Crippen LogP contribution in [0.3, 0.4) is 0 Å². The van der Waals surface area contributed by atoms with E-state index in [4.69, 9.17) is 0 Å². The largest absolute Gasteiger partial charge is 0.325 e. The van der Waals surface area contributed by atoms with Crippen LogP contribution < -0.4 is 5.32 Å². The van der Waals surface area contributed by atoms with Crippen molar-refractivity contribution in [2.24, 2.45) is 23.7 Å². The molecule has 1 saturated heterocycles. The van der Waals surface area contributed by atoms with Crippen LogP contribution in [0.25, 0.3) is 0 Å². The zero-order valence-corrected chi connectivity index (χ0v) is 13.1. The molecule has 120 valence electrons. The summed E-state index contributed by atoms with van der Waals surface area (Å²) in [5.41, 5.74) is 1.73. The van der Waals surface area contributed by atoms with E-state index in [1.807, 2.05) is 25.1 Å². The molecule has 0 aromatic heterocycles. The summed E-state index contributed by atoms with van der Waals surface area (Å²) in [6, 6.07) is 7.47. The fourth-order valence-electron chi connectivity index (χ4n) is 4.69. The summed E-state index contributed by atoms with van der Waals surface area (Å²) in [6.45, 7) is 1.78. The molecular formula is C18H20N2O3. The first-order valence-corrected chi connectivity index (χ1v) is 8.26. The summed E-state index contributed by atoms with van der Waals surface area (Å²) >= 11 is 0. The van der Waals surface area contributed by atoms with Gasteiger partial charge in [-0.25, -0.2) is 0 Å². The van der Waals surface area contributed by atoms with Gasteiger partial charge in [0.25, 0.3) is 0 Å². The molecule has 5 nitrogen and oxygen atoms in total. The van der Waals surface area contributed by atoms with Crippen LogP contribution in [0.15, 0.2) is 24.3 Å². The lowest BCUT2D eigenvalue weighted by molar-refractivity contribution is -0.143. The molecule has 1 aromatic carbocycles. The predicted octanol–water partition coefficient (Wildman–Crippen LogP) is 1.96. The fraction of sp³-hybridized carbons (Fsp3) is 0.500. The van der Waals surface area contributed by atoms with Crippen molar-refractivity contribution in [2.75, 3.05) is 11.9 Å². The second kappa shape index (κ2) is 5.18. The summed E-state index contributed by atoms with van der Waals surface area (Å²) < 4.78 is 0. The van der Waals surface area contributed by atoms with Crippen LogP contribution >= 0.6 is 0 Å². The highest BCUT2D eigenvalue weighted by Gasteiger charge is 2.60. The number of imide groups is 1. The Labute approximate surface area is 135 Å². The van der Waals surface area contributed by atoms with Gasteiger partial charge in [0, 0.05) is 5.69 Å². The highest BCUT2D eigenvalue weighted by molar-refractivity contribution is 6.09. The Morgan fingerprint density at radius 3 is 2.43 bits per heavy atom. The number of rotatable bonds is 3. The van der Waals surface area contributed by atoms with Gasteiger partial charge < -0.3 is 5.32 Å². The van der Waals surface area contributed by atoms with Crippen LogP contribution in [-0.4, -0.2) is 29.2 Å². The number of aryl methyl sites for hydroxylation is 1. The lowest BCUT2D eigenvalue weighted by atomic mass is 9.81. The van der Waals surface area contributed by atoms with Gasteiger partial charge in [0.15, 0.2) is 0 Å². The Morgan fingerprint density at radius 2 is 1.83 bits per heavy atom. The number of benzene rings is 1. The summed E-state index contributed by atoms with van der Waals surface area (Å²) in [4.78, 5) is 38.5. The molecule has 3 fully saturated rings. The van der Waals surface area contributed by atoms with Crippen LogP contribution in [0.2, 0.25) is 0 Å². The molecule has 3 aliphatic rings. The van der Waals surface area contributed by atoms with Crippen molar-refractivity contribution in [2.45, 2.75) is 26.2 Å². The van der Waals surface area contributed by atoms with E-state index in [0.29, 0.717) is 17.5 Å². The van der Waals surface area contributed by atoms with E-state index in [2.05, 4.69) is 5.32 Å². The van der Waals surface area contributed by atoms with E-state index in [9.17, 15) is 14.4 Å². The lowest BCUT2D eigenvalue weighted by Crippen LogP contribution is -2.39. The molecule has 4 atom stereocenters. The minimum Gasteiger partial charge on any atom is -0.325 e. The molecule has 3 amide bonds. The van der Waals surface area contributed by atoms with E-state index in [1.165, 1.54) is 4.90 Å². The monoisotopic (exact) mass is 312 g/mol. The average molecular weight is 312 g/mol. The predicted molar refractivity (Wildman–Crippen MR) is 84.3 cm³/mol. The molecule has 4 rings (SSSR count). The van der Waals surface area contributed by atoms with Crippen LogP contribution in [-0.2, 0) is 14.4 Å². The van der Waals surface area contributed by atoms with E-state index < -0.39 is 0 Å². The third kappa shape index (κ3) is 2.26. The molecule has 1 heterocycles. The Bertz CT molecular complexity index is 671. The highest BCUT2D eigenvalue weighted by atomic mass is 16.2. The lowest BCUT2D eigenvalue weighted by Gasteiger charge is -2.19. The molecule has 1 aromatic rings. The molecule has 0 spiro atoms. The van der Waals surface area contributed by atoms with Gasteiger partial charge in [-0.05, 0) is 55.7 Å². The summed E-state index contributed by atoms with van der Waals surface area (Å²) in [6.07, 6.45) is 3.11. The van der Waals surface area contributed by atoms with E-state index >= 15 is 0 Å². The van der Waals surface area contributed by atoms with E-state index in [1.54, 1.807) is 6.07 Å². The molecule has 2 saturated carbocycles. The van der Waals surface area contributed by atoms with Crippen LogP contribution in [0.4, 0.5) is 5.69 Å². The van der Waals surface area contributed by atoms with Crippen molar-refractivity contribution in [1.29, 1.82) is 0 Å². The molecule has 2 aliphatic carbocycles. The van der Waals surface area contributed by atoms with Crippen LogP contribution in [0.1, 0.15) is 24.8 Å². The number of hydrogen-bond donors (Lipinski definition) is 1. The molecule has 1 N–H and O–H groups in total. The number of fused-ring (bicyclic) bond motifs is 5. The van der Waals surface area contributed by atoms with Crippen molar-refractivity contribution in [3.8, 4) is 0 Å². The second-order valence-electron chi connectivity index (χ2n) is 7.07. The van der Waals surface area contributed by atoms with Crippen LogP contribution in [0.5, 0.6) is 0 Å². The maximum absolute atomic E-state index is 12.6. The summed E-state index contributed by atoms with van der Waals surface area (Å²) in [5.74, 6) is -0.193. The minimum atomic E-state index is -0.315. The maximum Gasteiger partial charge on any atom is 0.244 e. The molecule has 0 unspecified atom stereocenters. The number of anilines is 1. The van der Waals surface area contributed by atoms with Gasteiger partial charge in [-0.2, -0.15) is 0 Å². The topological polar surface area (TPSA) is 66.5 Å². The van der Waals surface area contributed by atoms with Crippen molar-refractivity contribution in [3.63, 3.8) is 0 Å². The Hall–Kier alpha value is -2.17. The fourth-order valence-corrected chi connectivity index (χ4v) is 4.69. The first-order chi connectivity index (χ1) is 11.0. The molecule has 5 heteroatoms. The van der Waals surface area contributed by atoms with Gasteiger partial charge >= 0.3 is 0 Å². The van der Waals surface area contributed by atoms with E-state index in [-0.39, 0.29) is 36.1 Å². The Morgan fingerprint density at radius 1 is 1.17 bits per heavy atom. The van der Waals surface area contributed by atoms with Crippen molar-refractivity contribution >= 4 is 23.4 Å². The number of carbonyl (C=O) groups is 3. The van der Waals surface area contributed by atoms with E-state index in [0.717, 1.165) is 24.8 Å². The second-order valence-corrected chi connectivity index (χ2v) is 7.07. The van der Waals surface area contributed by atoms with Crippen molar-refractivity contribution in [1.82, 2.24) is 4.90 Å².